The highest BCUT2D eigenvalue weighted by molar-refractivity contribution is 5.37. The molecule has 3 nitrogen and oxygen atoms in total. The minimum Gasteiger partial charge on any atom is -0.393 e. The van der Waals surface area contributed by atoms with Crippen molar-refractivity contribution in [2.24, 2.45) is 23.2 Å². The van der Waals surface area contributed by atoms with Gasteiger partial charge in [-0.3, -0.25) is 0 Å². The number of rotatable bonds is 7. The molecule has 0 heterocycles. The van der Waals surface area contributed by atoms with Crippen LogP contribution in [0, 0.1) is 23.2 Å². The lowest BCUT2D eigenvalue weighted by atomic mass is 9.69. The van der Waals surface area contributed by atoms with Gasteiger partial charge in [-0.1, -0.05) is 58.4 Å². The number of allylic oxidation sites excluding steroid dienone is 3. The van der Waals surface area contributed by atoms with Crippen molar-refractivity contribution >= 4 is 0 Å². The Morgan fingerprint density at radius 2 is 1.93 bits per heavy atom. The van der Waals surface area contributed by atoms with E-state index in [-0.39, 0.29) is 5.41 Å². The monoisotopic (exact) mass is 390 g/mol. The number of hydrogen-bond donors (Lipinski definition) is 3. The van der Waals surface area contributed by atoms with Gasteiger partial charge in [-0.2, -0.15) is 0 Å². The second kappa shape index (κ2) is 9.28. The van der Waals surface area contributed by atoms with E-state index in [0.29, 0.717) is 30.6 Å². The van der Waals surface area contributed by atoms with Crippen LogP contribution in [0.2, 0.25) is 0 Å². The highest BCUT2D eigenvalue weighted by atomic mass is 16.3. The van der Waals surface area contributed by atoms with E-state index in [1.54, 1.807) is 0 Å². The van der Waals surface area contributed by atoms with Crippen LogP contribution in [0.25, 0.3) is 0 Å². The molecule has 28 heavy (non-hydrogen) atoms. The molecule has 0 amide bonds. The summed E-state index contributed by atoms with van der Waals surface area (Å²) >= 11 is 0. The Balaban J connectivity index is 1.95. The van der Waals surface area contributed by atoms with Crippen molar-refractivity contribution in [1.29, 1.82) is 0 Å². The number of aliphatic hydroxyl groups excluding tert-OH is 2. The SMILES string of the molecule is C=C1/C(=C/C=C/[C@@H]2CC[C@H]([C@H](C)CCCC(C)(C)O)C2(C)C)C[C@@H](O)C[C@@H]1O. The van der Waals surface area contributed by atoms with Crippen LogP contribution in [0.4, 0.5) is 0 Å². The van der Waals surface area contributed by atoms with Crippen LogP contribution in [-0.4, -0.2) is 33.1 Å². The fraction of sp³-hybridized carbons (Fsp3) is 0.760. The molecule has 3 N–H and O–H groups in total. The van der Waals surface area contributed by atoms with Crippen LogP contribution < -0.4 is 0 Å². The van der Waals surface area contributed by atoms with Crippen LogP contribution in [0.1, 0.15) is 79.6 Å². The summed E-state index contributed by atoms with van der Waals surface area (Å²) < 4.78 is 0. The van der Waals surface area contributed by atoms with E-state index in [9.17, 15) is 15.3 Å². The average Bonchev–Trinajstić information content (AvgIpc) is 2.85. The van der Waals surface area contributed by atoms with Crippen LogP contribution in [0.15, 0.2) is 36.0 Å². The van der Waals surface area contributed by atoms with Gasteiger partial charge < -0.3 is 15.3 Å². The molecule has 2 aliphatic rings. The molecule has 0 radical (unpaired) electrons. The van der Waals surface area contributed by atoms with Gasteiger partial charge in [0, 0.05) is 6.42 Å². The minimum atomic E-state index is -0.625. The molecule has 2 rings (SSSR count). The lowest BCUT2D eigenvalue weighted by Gasteiger charge is -2.36. The molecule has 2 aliphatic carbocycles. The Labute approximate surface area is 172 Å². The first-order chi connectivity index (χ1) is 12.9. The third kappa shape index (κ3) is 6.05. The smallest absolute Gasteiger partial charge is 0.0811 e. The second-order valence-corrected chi connectivity index (χ2v) is 10.5. The van der Waals surface area contributed by atoms with Gasteiger partial charge in [0.25, 0.3) is 0 Å². The first-order valence-corrected chi connectivity index (χ1v) is 11.1. The fourth-order valence-corrected chi connectivity index (χ4v) is 5.36. The van der Waals surface area contributed by atoms with E-state index in [1.807, 2.05) is 19.9 Å². The minimum absolute atomic E-state index is 0.256. The van der Waals surface area contributed by atoms with Crippen molar-refractivity contribution in [3.05, 3.63) is 36.0 Å². The summed E-state index contributed by atoms with van der Waals surface area (Å²) in [6.07, 6.45) is 11.9. The first kappa shape index (κ1) is 23.4. The van der Waals surface area contributed by atoms with Gasteiger partial charge >= 0.3 is 0 Å². The van der Waals surface area contributed by atoms with E-state index in [0.717, 1.165) is 24.0 Å². The van der Waals surface area contributed by atoms with Gasteiger partial charge in [-0.15, -0.1) is 0 Å². The number of aliphatic hydroxyl groups is 3. The third-order valence-electron chi connectivity index (χ3n) is 7.24. The van der Waals surface area contributed by atoms with Crippen LogP contribution in [-0.2, 0) is 0 Å². The maximum absolute atomic E-state index is 9.99. The Hall–Kier alpha value is -0.900. The third-order valence-corrected chi connectivity index (χ3v) is 7.24. The molecule has 0 saturated heterocycles. The van der Waals surface area contributed by atoms with Crippen molar-refractivity contribution < 1.29 is 15.3 Å². The van der Waals surface area contributed by atoms with Gasteiger partial charge in [0.15, 0.2) is 0 Å². The van der Waals surface area contributed by atoms with E-state index in [1.165, 1.54) is 19.3 Å². The zero-order valence-electron chi connectivity index (χ0n) is 18.6. The molecule has 0 aromatic heterocycles. The highest BCUT2D eigenvalue weighted by Gasteiger charge is 2.43. The van der Waals surface area contributed by atoms with Gasteiger partial charge in [0.05, 0.1) is 17.8 Å². The molecule has 5 atom stereocenters. The summed E-state index contributed by atoms with van der Waals surface area (Å²) in [5, 5.41) is 29.8. The average molecular weight is 391 g/mol. The summed E-state index contributed by atoms with van der Waals surface area (Å²) in [4.78, 5) is 0. The van der Waals surface area contributed by atoms with E-state index in [2.05, 4.69) is 39.5 Å². The summed E-state index contributed by atoms with van der Waals surface area (Å²) in [5.41, 5.74) is 1.41. The molecular formula is C25H42O3. The molecule has 0 aromatic rings. The molecule has 160 valence electrons. The molecule has 0 aromatic carbocycles. The van der Waals surface area contributed by atoms with Crippen LogP contribution >= 0.6 is 0 Å². The van der Waals surface area contributed by atoms with Crippen molar-refractivity contribution in [1.82, 2.24) is 0 Å². The fourth-order valence-electron chi connectivity index (χ4n) is 5.36. The second-order valence-electron chi connectivity index (χ2n) is 10.5. The Bertz CT molecular complexity index is 593. The van der Waals surface area contributed by atoms with Crippen molar-refractivity contribution in [3.8, 4) is 0 Å². The van der Waals surface area contributed by atoms with E-state index >= 15 is 0 Å². The predicted octanol–water partition coefficient (Wildman–Crippen LogP) is 5.17. The maximum Gasteiger partial charge on any atom is 0.0811 e. The Morgan fingerprint density at radius 3 is 2.57 bits per heavy atom. The highest BCUT2D eigenvalue weighted by Crippen LogP contribution is 2.52. The molecule has 2 fully saturated rings. The Kier molecular flexibility index (Phi) is 7.75. The molecule has 3 heteroatoms. The predicted molar refractivity (Wildman–Crippen MR) is 117 cm³/mol. The Morgan fingerprint density at radius 1 is 1.25 bits per heavy atom. The lowest BCUT2D eigenvalue weighted by Crippen LogP contribution is -2.29. The molecule has 0 unspecified atom stereocenters. The molecule has 2 saturated carbocycles. The molecule has 0 spiro atoms. The summed E-state index contributed by atoms with van der Waals surface area (Å²) in [6.45, 7) is 14.9. The number of hydrogen-bond acceptors (Lipinski definition) is 3. The summed E-state index contributed by atoms with van der Waals surface area (Å²) in [5.74, 6) is 1.90. The maximum atomic E-state index is 9.99. The van der Waals surface area contributed by atoms with Gasteiger partial charge in [0.2, 0.25) is 0 Å². The quantitative estimate of drug-likeness (QED) is 0.562. The molecular weight excluding hydrogens is 348 g/mol. The van der Waals surface area contributed by atoms with Crippen molar-refractivity contribution in [2.45, 2.75) is 97.4 Å². The zero-order valence-corrected chi connectivity index (χ0v) is 18.6. The van der Waals surface area contributed by atoms with Crippen LogP contribution in [0.5, 0.6) is 0 Å². The van der Waals surface area contributed by atoms with Crippen molar-refractivity contribution in [2.75, 3.05) is 0 Å². The molecule has 0 bridgehead atoms. The van der Waals surface area contributed by atoms with Gasteiger partial charge in [-0.05, 0) is 73.8 Å². The topological polar surface area (TPSA) is 60.7 Å². The molecule has 0 aliphatic heterocycles. The van der Waals surface area contributed by atoms with Crippen LogP contribution in [0.3, 0.4) is 0 Å². The lowest BCUT2D eigenvalue weighted by molar-refractivity contribution is 0.0637. The van der Waals surface area contributed by atoms with Crippen molar-refractivity contribution in [3.63, 3.8) is 0 Å². The van der Waals surface area contributed by atoms with E-state index < -0.39 is 17.8 Å². The largest absolute Gasteiger partial charge is 0.393 e. The van der Waals surface area contributed by atoms with E-state index in [4.69, 9.17) is 0 Å². The van der Waals surface area contributed by atoms with Gasteiger partial charge in [-0.25, -0.2) is 0 Å². The standard InChI is InChI=1S/C25H42O3/c1-17(9-8-14-24(3,4)28)22-13-12-20(25(22,5)6)11-7-10-19-15-21(26)16-23(27)18(19)2/h7,10-11,17,20-23,26-28H,2,8-9,12-16H2,1,3-6H3/b11-7+,19-10+/t17-,20-,21-,22-,23+/m1/s1. The summed E-state index contributed by atoms with van der Waals surface area (Å²) in [7, 11) is 0. The zero-order chi connectivity index (χ0) is 21.1. The van der Waals surface area contributed by atoms with Gasteiger partial charge in [0.1, 0.15) is 0 Å². The normalized spacial score (nSPS) is 33.7. The first-order valence-electron chi connectivity index (χ1n) is 11.1. The summed E-state index contributed by atoms with van der Waals surface area (Å²) in [6, 6.07) is 0.